The Bertz CT molecular complexity index is 883. The molecule has 2 heterocycles. The standard InChI is InChI=1S/C27H35N3O/c31-27(30-17-15-29(16-18-30)26-9-5-2-6-10-26)21-28-14-13-24-19-23(11-12-25(24)20-28)22-7-3-1-4-8-22/h1,3-4,7-8,11-12,19,26H,2,5-6,9-10,13-18,20-21H2. The molecule has 4 heteroatoms. The lowest BCUT2D eigenvalue weighted by Gasteiger charge is -2.41. The van der Waals surface area contributed by atoms with E-state index in [2.05, 4.69) is 63.2 Å². The van der Waals surface area contributed by atoms with E-state index in [4.69, 9.17) is 0 Å². The van der Waals surface area contributed by atoms with Crippen LogP contribution < -0.4 is 0 Å². The lowest BCUT2D eigenvalue weighted by molar-refractivity contribution is -0.134. The second-order valence-corrected chi connectivity index (χ2v) is 9.52. The Hall–Kier alpha value is -2.17. The average Bonchev–Trinajstić information content (AvgIpc) is 2.85. The van der Waals surface area contributed by atoms with Gasteiger partial charge in [-0.1, -0.05) is 67.8 Å². The summed E-state index contributed by atoms with van der Waals surface area (Å²) in [4.78, 5) is 20.0. The number of benzene rings is 2. The van der Waals surface area contributed by atoms with E-state index in [0.717, 1.165) is 51.7 Å². The zero-order valence-corrected chi connectivity index (χ0v) is 18.6. The van der Waals surface area contributed by atoms with Gasteiger partial charge >= 0.3 is 0 Å². The first-order valence-corrected chi connectivity index (χ1v) is 12.2. The van der Waals surface area contributed by atoms with E-state index in [9.17, 15) is 4.79 Å². The maximum absolute atomic E-state index is 13.0. The van der Waals surface area contributed by atoms with Crippen LogP contribution >= 0.6 is 0 Å². The first-order valence-electron chi connectivity index (χ1n) is 12.2. The molecule has 2 aromatic rings. The van der Waals surface area contributed by atoms with Crippen LogP contribution in [-0.2, 0) is 17.8 Å². The molecule has 0 radical (unpaired) electrons. The number of carbonyl (C=O) groups excluding carboxylic acids is 1. The van der Waals surface area contributed by atoms with E-state index in [1.807, 2.05) is 0 Å². The Morgan fingerprint density at radius 2 is 1.58 bits per heavy atom. The van der Waals surface area contributed by atoms with Gasteiger partial charge in [0.05, 0.1) is 6.54 Å². The topological polar surface area (TPSA) is 26.8 Å². The summed E-state index contributed by atoms with van der Waals surface area (Å²) in [6, 6.07) is 18.2. The summed E-state index contributed by atoms with van der Waals surface area (Å²) in [6.07, 6.45) is 7.90. The Balaban J connectivity index is 1.14. The molecule has 0 atom stereocenters. The maximum atomic E-state index is 13.0. The van der Waals surface area contributed by atoms with Crippen molar-refractivity contribution in [3.63, 3.8) is 0 Å². The normalized spacial score (nSPS) is 21.1. The number of hydrogen-bond donors (Lipinski definition) is 0. The molecule has 5 rings (SSSR count). The molecule has 164 valence electrons. The molecule has 1 aliphatic carbocycles. The van der Waals surface area contributed by atoms with E-state index in [1.54, 1.807) is 0 Å². The van der Waals surface area contributed by atoms with Crippen LogP contribution in [-0.4, -0.2) is 65.9 Å². The van der Waals surface area contributed by atoms with Crippen LogP contribution in [0.3, 0.4) is 0 Å². The highest BCUT2D eigenvalue weighted by Gasteiger charge is 2.28. The number of amides is 1. The van der Waals surface area contributed by atoms with Crippen LogP contribution in [0.5, 0.6) is 0 Å². The van der Waals surface area contributed by atoms with Crippen molar-refractivity contribution in [1.82, 2.24) is 14.7 Å². The molecule has 1 saturated carbocycles. The molecule has 1 amide bonds. The van der Waals surface area contributed by atoms with Gasteiger partial charge in [-0.3, -0.25) is 14.6 Å². The van der Waals surface area contributed by atoms with E-state index in [0.29, 0.717) is 12.5 Å². The summed E-state index contributed by atoms with van der Waals surface area (Å²) in [5.74, 6) is 0.313. The van der Waals surface area contributed by atoms with Crippen LogP contribution in [0.1, 0.15) is 43.2 Å². The first-order chi connectivity index (χ1) is 15.3. The molecule has 1 saturated heterocycles. The Morgan fingerprint density at radius 3 is 2.35 bits per heavy atom. The summed E-state index contributed by atoms with van der Waals surface area (Å²) in [5.41, 5.74) is 5.38. The molecule has 0 aromatic heterocycles. The van der Waals surface area contributed by atoms with E-state index >= 15 is 0 Å². The number of nitrogens with zero attached hydrogens (tertiary/aromatic N) is 3. The Morgan fingerprint density at radius 1 is 0.806 bits per heavy atom. The summed E-state index contributed by atoms with van der Waals surface area (Å²) in [6.45, 7) is 6.34. The molecule has 2 aliphatic heterocycles. The summed E-state index contributed by atoms with van der Waals surface area (Å²) in [7, 11) is 0. The van der Waals surface area contributed by atoms with Crippen molar-refractivity contribution in [3.05, 3.63) is 59.7 Å². The zero-order chi connectivity index (χ0) is 21.0. The third kappa shape index (κ3) is 4.86. The van der Waals surface area contributed by atoms with Crippen LogP contribution in [0.15, 0.2) is 48.5 Å². The van der Waals surface area contributed by atoms with Gasteiger partial charge in [-0.15, -0.1) is 0 Å². The first kappa shape index (κ1) is 20.7. The highest BCUT2D eigenvalue weighted by molar-refractivity contribution is 5.78. The predicted octanol–water partition coefficient (Wildman–Crippen LogP) is 4.19. The quantitative estimate of drug-likeness (QED) is 0.746. The van der Waals surface area contributed by atoms with Gasteiger partial charge in [0.15, 0.2) is 0 Å². The lowest BCUT2D eigenvalue weighted by Crippen LogP contribution is -2.54. The molecule has 0 bridgehead atoms. The molecular formula is C27H35N3O. The summed E-state index contributed by atoms with van der Waals surface area (Å²) >= 11 is 0. The molecule has 31 heavy (non-hydrogen) atoms. The van der Waals surface area contributed by atoms with Gasteiger partial charge in [0.1, 0.15) is 0 Å². The van der Waals surface area contributed by atoms with Crippen LogP contribution in [0.25, 0.3) is 11.1 Å². The van der Waals surface area contributed by atoms with Gasteiger partial charge in [-0.25, -0.2) is 0 Å². The monoisotopic (exact) mass is 417 g/mol. The van der Waals surface area contributed by atoms with Crippen LogP contribution in [0.4, 0.5) is 0 Å². The molecular weight excluding hydrogens is 382 g/mol. The van der Waals surface area contributed by atoms with Crippen molar-refractivity contribution in [1.29, 1.82) is 0 Å². The number of hydrogen-bond acceptors (Lipinski definition) is 3. The zero-order valence-electron chi connectivity index (χ0n) is 18.6. The Kier molecular flexibility index (Phi) is 6.37. The number of carbonyl (C=O) groups is 1. The minimum absolute atomic E-state index is 0.313. The van der Waals surface area contributed by atoms with Gasteiger partial charge in [-0.05, 0) is 41.5 Å². The number of rotatable bonds is 4. The SMILES string of the molecule is O=C(CN1CCc2cc(-c3ccccc3)ccc2C1)N1CCN(C2CCCCC2)CC1. The van der Waals surface area contributed by atoms with E-state index < -0.39 is 0 Å². The summed E-state index contributed by atoms with van der Waals surface area (Å²) in [5, 5.41) is 0. The number of fused-ring (bicyclic) bond motifs is 1. The molecule has 0 unspecified atom stereocenters. The van der Waals surface area contributed by atoms with Crippen molar-refractivity contribution >= 4 is 5.91 Å². The fourth-order valence-electron chi connectivity index (χ4n) is 5.63. The van der Waals surface area contributed by atoms with Gasteiger partial charge in [-0.2, -0.15) is 0 Å². The van der Waals surface area contributed by atoms with E-state index in [-0.39, 0.29) is 0 Å². The predicted molar refractivity (Wildman–Crippen MR) is 126 cm³/mol. The second-order valence-electron chi connectivity index (χ2n) is 9.52. The molecule has 0 spiro atoms. The number of piperazine rings is 1. The molecule has 4 nitrogen and oxygen atoms in total. The van der Waals surface area contributed by atoms with Crippen molar-refractivity contribution in [3.8, 4) is 11.1 Å². The van der Waals surface area contributed by atoms with E-state index in [1.165, 1.54) is 54.4 Å². The fourth-order valence-corrected chi connectivity index (χ4v) is 5.63. The lowest BCUT2D eigenvalue weighted by atomic mass is 9.94. The molecule has 3 aliphatic rings. The third-order valence-electron chi connectivity index (χ3n) is 7.52. The smallest absolute Gasteiger partial charge is 0.236 e. The third-order valence-corrected chi connectivity index (χ3v) is 7.52. The van der Waals surface area contributed by atoms with Crippen molar-refractivity contribution in [2.24, 2.45) is 0 Å². The molecule has 2 fully saturated rings. The molecule has 0 N–H and O–H groups in total. The van der Waals surface area contributed by atoms with Gasteiger partial charge < -0.3 is 4.90 Å². The van der Waals surface area contributed by atoms with Crippen LogP contribution in [0, 0.1) is 0 Å². The second kappa shape index (κ2) is 9.54. The largest absolute Gasteiger partial charge is 0.339 e. The maximum Gasteiger partial charge on any atom is 0.236 e. The van der Waals surface area contributed by atoms with Crippen LogP contribution in [0.2, 0.25) is 0 Å². The highest BCUT2D eigenvalue weighted by Crippen LogP contribution is 2.27. The fraction of sp³-hybridized carbons (Fsp3) is 0.519. The van der Waals surface area contributed by atoms with Crippen molar-refractivity contribution < 1.29 is 4.79 Å². The average molecular weight is 418 g/mol. The Labute approximate surface area is 186 Å². The van der Waals surface area contributed by atoms with Gasteiger partial charge in [0.25, 0.3) is 0 Å². The molecule has 2 aromatic carbocycles. The van der Waals surface area contributed by atoms with Gasteiger partial charge in [0, 0.05) is 45.3 Å². The van der Waals surface area contributed by atoms with Crippen molar-refractivity contribution in [2.75, 3.05) is 39.3 Å². The summed E-state index contributed by atoms with van der Waals surface area (Å²) < 4.78 is 0. The minimum atomic E-state index is 0.313. The van der Waals surface area contributed by atoms with Gasteiger partial charge in [0.2, 0.25) is 5.91 Å². The van der Waals surface area contributed by atoms with Crippen molar-refractivity contribution in [2.45, 2.75) is 51.1 Å². The highest BCUT2D eigenvalue weighted by atomic mass is 16.2. The minimum Gasteiger partial charge on any atom is -0.339 e.